The fourth-order valence-electron chi connectivity index (χ4n) is 3.42. The highest BCUT2D eigenvalue weighted by molar-refractivity contribution is 5.97. The van der Waals surface area contributed by atoms with Crippen LogP contribution in [-0.4, -0.2) is 36.4 Å². The van der Waals surface area contributed by atoms with E-state index in [2.05, 4.69) is 5.32 Å². The van der Waals surface area contributed by atoms with Gasteiger partial charge in [-0.1, -0.05) is 18.9 Å². The summed E-state index contributed by atoms with van der Waals surface area (Å²) in [6.45, 7) is 0.555. The summed E-state index contributed by atoms with van der Waals surface area (Å²) in [7, 11) is 1.59. The maximum absolute atomic E-state index is 12.4. The lowest BCUT2D eigenvalue weighted by molar-refractivity contribution is -0.129. The first-order chi connectivity index (χ1) is 10.7. The van der Waals surface area contributed by atoms with Crippen LogP contribution in [0, 0.1) is 5.92 Å². The number of nitrogens with zero attached hydrogens (tertiary/aromatic N) is 1. The zero-order valence-corrected chi connectivity index (χ0v) is 12.9. The van der Waals surface area contributed by atoms with Gasteiger partial charge in [-0.05, 0) is 25.0 Å². The van der Waals surface area contributed by atoms with Crippen LogP contribution in [0.5, 0.6) is 5.75 Å². The van der Waals surface area contributed by atoms with Crippen LogP contribution < -0.4 is 10.1 Å². The first-order valence-corrected chi connectivity index (χ1v) is 7.92. The number of anilines is 1. The minimum atomic E-state index is -0.251. The van der Waals surface area contributed by atoms with Gasteiger partial charge >= 0.3 is 0 Å². The summed E-state index contributed by atoms with van der Waals surface area (Å²) in [6, 6.07) is 7.62. The van der Waals surface area contributed by atoms with E-state index in [1.54, 1.807) is 13.2 Å². The second kappa shape index (κ2) is 6.38. The number of methoxy groups -OCH3 is 1. The van der Waals surface area contributed by atoms with E-state index in [0.29, 0.717) is 30.4 Å². The van der Waals surface area contributed by atoms with Gasteiger partial charge in [-0.25, -0.2) is 0 Å². The zero-order chi connectivity index (χ0) is 15.5. The number of carbonyl (C=O) groups excluding carboxylic acids is 2. The molecule has 5 nitrogen and oxygen atoms in total. The minimum Gasteiger partial charge on any atom is -0.497 e. The van der Waals surface area contributed by atoms with E-state index >= 15 is 0 Å². The second-order valence-corrected chi connectivity index (χ2v) is 6.11. The summed E-state index contributed by atoms with van der Waals surface area (Å²) in [6.07, 6.45) is 4.86. The number of benzene rings is 1. The van der Waals surface area contributed by atoms with Crippen molar-refractivity contribution < 1.29 is 14.3 Å². The molecule has 1 heterocycles. The third-order valence-corrected chi connectivity index (χ3v) is 4.63. The normalized spacial score (nSPS) is 22.1. The summed E-state index contributed by atoms with van der Waals surface area (Å²) < 4.78 is 5.15. The van der Waals surface area contributed by atoms with Crippen LogP contribution in [0.2, 0.25) is 0 Å². The van der Waals surface area contributed by atoms with Crippen molar-refractivity contribution in [2.24, 2.45) is 5.92 Å². The van der Waals surface area contributed by atoms with Crippen LogP contribution >= 0.6 is 0 Å². The summed E-state index contributed by atoms with van der Waals surface area (Å²) in [5.41, 5.74) is 0.705. The third-order valence-electron chi connectivity index (χ3n) is 4.63. The van der Waals surface area contributed by atoms with Gasteiger partial charge in [0.05, 0.1) is 13.0 Å². The molecule has 1 saturated heterocycles. The number of hydrogen-bond acceptors (Lipinski definition) is 3. The lowest BCUT2D eigenvalue weighted by Gasteiger charge is -2.23. The molecular weight excluding hydrogens is 280 g/mol. The first-order valence-electron chi connectivity index (χ1n) is 7.92. The molecule has 1 aliphatic carbocycles. The Morgan fingerprint density at radius 3 is 2.82 bits per heavy atom. The number of rotatable bonds is 4. The van der Waals surface area contributed by atoms with Crippen LogP contribution in [-0.2, 0) is 9.59 Å². The molecule has 0 spiro atoms. The van der Waals surface area contributed by atoms with E-state index in [1.807, 2.05) is 23.1 Å². The lowest BCUT2D eigenvalue weighted by Crippen LogP contribution is -2.35. The molecule has 3 rings (SSSR count). The topological polar surface area (TPSA) is 58.6 Å². The molecule has 0 bridgehead atoms. The molecule has 1 N–H and O–H groups in total. The van der Waals surface area contributed by atoms with Crippen molar-refractivity contribution in [3.8, 4) is 5.75 Å². The van der Waals surface area contributed by atoms with E-state index in [1.165, 1.54) is 12.8 Å². The predicted molar refractivity (Wildman–Crippen MR) is 83.7 cm³/mol. The van der Waals surface area contributed by atoms with Crippen molar-refractivity contribution in [1.82, 2.24) is 4.90 Å². The highest BCUT2D eigenvalue weighted by Crippen LogP contribution is 2.30. The quantitative estimate of drug-likeness (QED) is 0.929. The second-order valence-electron chi connectivity index (χ2n) is 6.11. The SMILES string of the molecule is COc1cccc(NC(=O)C2CC(=O)N(C3CCCC3)C2)c1. The molecule has 0 radical (unpaired) electrons. The summed E-state index contributed by atoms with van der Waals surface area (Å²) in [5, 5.41) is 2.89. The fraction of sp³-hybridized carbons (Fsp3) is 0.529. The molecule has 1 aliphatic heterocycles. The Bertz CT molecular complexity index is 567. The number of likely N-dealkylation sites (tertiary alicyclic amines) is 1. The van der Waals surface area contributed by atoms with Gasteiger partial charge in [0, 0.05) is 30.8 Å². The maximum Gasteiger partial charge on any atom is 0.229 e. The zero-order valence-electron chi connectivity index (χ0n) is 12.9. The lowest BCUT2D eigenvalue weighted by atomic mass is 10.1. The van der Waals surface area contributed by atoms with Crippen molar-refractivity contribution in [3.05, 3.63) is 24.3 Å². The van der Waals surface area contributed by atoms with Crippen molar-refractivity contribution in [3.63, 3.8) is 0 Å². The standard InChI is InChI=1S/C17H22N2O3/c1-22-15-8-4-5-13(10-15)18-17(21)12-9-16(20)19(11-12)14-6-2-3-7-14/h4-5,8,10,12,14H,2-3,6-7,9,11H2,1H3,(H,18,21). The van der Waals surface area contributed by atoms with Gasteiger partial charge in [0.2, 0.25) is 11.8 Å². The molecule has 5 heteroatoms. The molecule has 1 aromatic carbocycles. The van der Waals surface area contributed by atoms with Gasteiger partial charge in [-0.3, -0.25) is 9.59 Å². The van der Waals surface area contributed by atoms with E-state index in [-0.39, 0.29) is 17.7 Å². The maximum atomic E-state index is 12.4. The van der Waals surface area contributed by atoms with Crippen molar-refractivity contribution >= 4 is 17.5 Å². The van der Waals surface area contributed by atoms with Crippen molar-refractivity contribution in [1.29, 1.82) is 0 Å². The van der Waals surface area contributed by atoms with E-state index in [9.17, 15) is 9.59 Å². The summed E-state index contributed by atoms with van der Waals surface area (Å²) >= 11 is 0. The van der Waals surface area contributed by atoms with Gasteiger partial charge < -0.3 is 15.0 Å². The minimum absolute atomic E-state index is 0.0814. The van der Waals surface area contributed by atoms with Crippen LogP contribution in [0.15, 0.2) is 24.3 Å². The molecule has 22 heavy (non-hydrogen) atoms. The molecule has 1 saturated carbocycles. The Labute approximate surface area is 130 Å². The van der Waals surface area contributed by atoms with E-state index in [4.69, 9.17) is 4.74 Å². The fourth-order valence-corrected chi connectivity index (χ4v) is 3.42. The van der Waals surface area contributed by atoms with Crippen molar-refractivity contribution in [2.75, 3.05) is 19.0 Å². The van der Waals surface area contributed by atoms with Gasteiger partial charge in [0.25, 0.3) is 0 Å². The molecule has 118 valence electrons. The van der Waals surface area contributed by atoms with Gasteiger partial charge in [-0.2, -0.15) is 0 Å². The van der Waals surface area contributed by atoms with Crippen LogP contribution in [0.3, 0.4) is 0 Å². The Morgan fingerprint density at radius 2 is 2.09 bits per heavy atom. The smallest absolute Gasteiger partial charge is 0.229 e. The summed E-state index contributed by atoms with van der Waals surface area (Å²) in [5.74, 6) is 0.493. The molecule has 2 aliphatic rings. The number of carbonyl (C=O) groups is 2. The van der Waals surface area contributed by atoms with Gasteiger partial charge in [0.1, 0.15) is 5.75 Å². The highest BCUT2D eigenvalue weighted by Gasteiger charge is 2.38. The molecular formula is C17H22N2O3. The van der Waals surface area contributed by atoms with Gasteiger partial charge in [-0.15, -0.1) is 0 Å². The number of amides is 2. The first kappa shape index (κ1) is 14.9. The molecule has 0 aromatic heterocycles. The Morgan fingerprint density at radius 1 is 1.32 bits per heavy atom. The number of nitrogens with one attached hydrogen (secondary N) is 1. The monoisotopic (exact) mass is 302 g/mol. The molecule has 2 fully saturated rings. The molecule has 1 atom stereocenters. The Hall–Kier alpha value is -2.04. The van der Waals surface area contributed by atoms with Crippen LogP contribution in [0.4, 0.5) is 5.69 Å². The van der Waals surface area contributed by atoms with Gasteiger partial charge in [0.15, 0.2) is 0 Å². The average Bonchev–Trinajstić information content (AvgIpc) is 3.16. The average molecular weight is 302 g/mol. The number of ether oxygens (including phenoxy) is 1. The molecule has 1 aromatic rings. The van der Waals surface area contributed by atoms with E-state index < -0.39 is 0 Å². The largest absolute Gasteiger partial charge is 0.497 e. The van der Waals surface area contributed by atoms with Crippen molar-refractivity contribution in [2.45, 2.75) is 38.1 Å². The highest BCUT2D eigenvalue weighted by atomic mass is 16.5. The van der Waals surface area contributed by atoms with Crippen LogP contribution in [0.25, 0.3) is 0 Å². The third kappa shape index (κ3) is 3.08. The molecule has 1 unspecified atom stereocenters. The number of hydrogen-bond donors (Lipinski definition) is 1. The Kier molecular flexibility index (Phi) is 4.32. The summed E-state index contributed by atoms with van der Waals surface area (Å²) in [4.78, 5) is 26.5. The molecule has 2 amide bonds. The Balaban J connectivity index is 1.62. The van der Waals surface area contributed by atoms with Crippen LogP contribution in [0.1, 0.15) is 32.1 Å². The predicted octanol–water partition coefficient (Wildman–Crippen LogP) is 2.42. The van der Waals surface area contributed by atoms with E-state index in [0.717, 1.165) is 12.8 Å².